The number of nitrogens with zero attached hydrogens (tertiary/aromatic N) is 1. The Kier molecular flexibility index (Phi) is 8.50. The topological polar surface area (TPSA) is 97.8 Å². The molecule has 1 fully saturated rings. The number of rotatable bonds is 7. The Morgan fingerprint density at radius 1 is 1.21 bits per heavy atom. The van der Waals surface area contributed by atoms with Crippen LogP contribution in [0, 0.1) is 0 Å². The van der Waals surface area contributed by atoms with Gasteiger partial charge in [0.15, 0.2) is 5.76 Å². The van der Waals surface area contributed by atoms with Crippen molar-refractivity contribution in [3.63, 3.8) is 0 Å². The lowest BCUT2D eigenvalue weighted by molar-refractivity contribution is 0.00844. The van der Waals surface area contributed by atoms with E-state index in [1.165, 1.54) is 6.26 Å². The van der Waals surface area contributed by atoms with Crippen molar-refractivity contribution in [3.05, 3.63) is 54.0 Å². The molecule has 1 aromatic heterocycles. The maximum atomic E-state index is 12.8. The SMILES string of the molecule is Cl.NCCCOC1CCN(C(=O)c2cccc(NC(=O)c3ccco3)c2)CC1. The summed E-state index contributed by atoms with van der Waals surface area (Å²) in [6.45, 7) is 2.63. The van der Waals surface area contributed by atoms with Crippen LogP contribution in [0.2, 0.25) is 0 Å². The molecule has 2 amide bonds. The van der Waals surface area contributed by atoms with Gasteiger partial charge in [0.2, 0.25) is 0 Å². The molecular weight excluding hydrogens is 382 g/mol. The first kappa shape index (κ1) is 21.9. The highest BCUT2D eigenvalue weighted by atomic mass is 35.5. The maximum absolute atomic E-state index is 12.8. The molecule has 7 nitrogen and oxygen atoms in total. The lowest BCUT2D eigenvalue weighted by Gasteiger charge is -2.32. The third kappa shape index (κ3) is 5.82. The number of furan rings is 1. The molecule has 0 atom stereocenters. The molecule has 0 spiro atoms. The van der Waals surface area contributed by atoms with Gasteiger partial charge < -0.3 is 25.1 Å². The number of nitrogens with one attached hydrogen (secondary N) is 1. The van der Waals surface area contributed by atoms with Gasteiger partial charge in [-0.05, 0) is 56.1 Å². The van der Waals surface area contributed by atoms with Gasteiger partial charge in [0.1, 0.15) is 0 Å². The molecule has 0 bridgehead atoms. The molecule has 0 unspecified atom stereocenters. The number of benzene rings is 1. The fourth-order valence-electron chi connectivity index (χ4n) is 3.07. The summed E-state index contributed by atoms with van der Waals surface area (Å²) in [6, 6.07) is 10.2. The number of piperidine rings is 1. The van der Waals surface area contributed by atoms with Crippen molar-refractivity contribution < 1.29 is 18.7 Å². The number of hydrogen-bond donors (Lipinski definition) is 2. The van der Waals surface area contributed by atoms with E-state index in [1.54, 1.807) is 36.4 Å². The Bertz CT molecular complexity index is 759. The quantitative estimate of drug-likeness (QED) is 0.687. The van der Waals surface area contributed by atoms with Crippen LogP contribution in [0.4, 0.5) is 5.69 Å². The molecule has 8 heteroatoms. The largest absolute Gasteiger partial charge is 0.459 e. The fourth-order valence-corrected chi connectivity index (χ4v) is 3.07. The number of likely N-dealkylation sites (tertiary alicyclic amines) is 1. The smallest absolute Gasteiger partial charge is 0.291 e. The first-order valence-electron chi connectivity index (χ1n) is 9.23. The number of carbonyl (C=O) groups is 2. The number of halogens is 1. The van der Waals surface area contributed by atoms with Crippen LogP contribution in [0.1, 0.15) is 40.2 Å². The molecular formula is C20H26ClN3O4. The van der Waals surface area contributed by atoms with Crippen LogP contribution in [0.25, 0.3) is 0 Å². The van der Waals surface area contributed by atoms with Crippen LogP contribution < -0.4 is 11.1 Å². The standard InChI is InChI=1S/C20H25N3O4.ClH/c21-9-3-13-26-17-7-10-23(11-8-17)20(25)15-4-1-5-16(14-15)22-19(24)18-6-2-12-27-18;/h1-2,4-6,12,14,17H,3,7-11,13,21H2,(H,22,24);1H. The monoisotopic (exact) mass is 407 g/mol. The Balaban J connectivity index is 0.00000280. The molecule has 1 saturated heterocycles. The van der Waals surface area contributed by atoms with Crippen molar-refractivity contribution in [1.82, 2.24) is 4.90 Å². The summed E-state index contributed by atoms with van der Waals surface area (Å²) in [5, 5.41) is 2.74. The van der Waals surface area contributed by atoms with Gasteiger partial charge in [-0.1, -0.05) is 6.07 Å². The first-order valence-corrected chi connectivity index (χ1v) is 9.23. The summed E-state index contributed by atoms with van der Waals surface area (Å²) < 4.78 is 10.9. The number of ether oxygens (including phenoxy) is 1. The lowest BCUT2D eigenvalue weighted by Crippen LogP contribution is -2.41. The molecule has 0 radical (unpaired) electrons. The summed E-state index contributed by atoms with van der Waals surface area (Å²) in [6.07, 6.45) is 4.14. The molecule has 28 heavy (non-hydrogen) atoms. The molecule has 2 heterocycles. The zero-order chi connectivity index (χ0) is 19.1. The molecule has 0 saturated carbocycles. The van der Waals surface area contributed by atoms with Crippen molar-refractivity contribution in [3.8, 4) is 0 Å². The van der Waals surface area contributed by atoms with E-state index in [1.807, 2.05) is 4.90 Å². The van der Waals surface area contributed by atoms with Crippen LogP contribution >= 0.6 is 12.4 Å². The van der Waals surface area contributed by atoms with Crippen molar-refractivity contribution in [2.45, 2.75) is 25.4 Å². The highest BCUT2D eigenvalue weighted by Crippen LogP contribution is 2.19. The molecule has 152 valence electrons. The summed E-state index contributed by atoms with van der Waals surface area (Å²) in [5.74, 6) is -0.159. The Labute approximate surface area is 170 Å². The molecule has 1 aliphatic rings. The molecule has 0 aliphatic carbocycles. The van der Waals surface area contributed by atoms with Crippen LogP contribution in [0.3, 0.4) is 0 Å². The van der Waals surface area contributed by atoms with E-state index in [4.69, 9.17) is 14.9 Å². The highest BCUT2D eigenvalue weighted by molar-refractivity contribution is 6.03. The Morgan fingerprint density at radius 2 is 2.00 bits per heavy atom. The van der Waals surface area contributed by atoms with E-state index in [9.17, 15) is 9.59 Å². The van der Waals surface area contributed by atoms with E-state index in [-0.39, 0.29) is 36.1 Å². The molecule has 1 aromatic carbocycles. The predicted octanol–water partition coefficient (Wildman–Crippen LogP) is 2.92. The van der Waals surface area contributed by atoms with Gasteiger partial charge in [-0.2, -0.15) is 0 Å². The van der Waals surface area contributed by atoms with Gasteiger partial charge in [0.25, 0.3) is 11.8 Å². The van der Waals surface area contributed by atoms with Crippen molar-refractivity contribution in [1.29, 1.82) is 0 Å². The summed E-state index contributed by atoms with van der Waals surface area (Å²) in [7, 11) is 0. The van der Waals surface area contributed by atoms with Gasteiger partial charge in [0.05, 0.1) is 12.4 Å². The van der Waals surface area contributed by atoms with E-state index >= 15 is 0 Å². The van der Waals surface area contributed by atoms with E-state index in [0.29, 0.717) is 37.5 Å². The first-order chi connectivity index (χ1) is 13.2. The van der Waals surface area contributed by atoms with Crippen LogP contribution in [-0.2, 0) is 4.74 Å². The van der Waals surface area contributed by atoms with Gasteiger partial charge in [0, 0.05) is 30.9 Å². The number of amides is 2. The Hall–Kier alpha value is -2.35. The fraction of sp³-hybridized carbons (Fsp3) is 0.400. The van der Waals surface area contributed by atoms with Crippen molar-refractivity contribution >= 4 is 29.9 Å². The van der Waals surface area contributed by atoms with Crippen LogP contribution in [0.5, 0.6) is 0 Å². The number of anilines is 1. The average Bonchev–Trinajstić information content (AvgIpc) is 3.23. The summed E-state index contributed by atoms with van der Waals surface area (Å²) in [4.78, 5) is 26.7. The van der Waals surface area contributed by atoms with Gasteiger partial charge in [-0.25, -0.2) is 0 Å². The van der Waals surface area contributed by atoms with Crippen LogP contribution in [-0.4, -0.2) is 49.1 Å². The van der Waals surface area contributed by atoms with Crippen molar-refractivity contribution in [2.24, 2.45) is 5.73 Å². The average molecular weight is 408 g/mol. The van der Waals surface area contributed by atoms with Gasteiger partial charge in [-0.15, -0.1) is 12.4 Å². The molecule has 3 rings (SSSR count). The van der Waals surface area contributed by atoms with E-state index in [0.717, 1.165) is 19.3 Å². The minimum atomic E-state index is -0.347. The van der Waals surface area contributed by atoms with Gasteiger partial charge in [-0.3, -0.25) is 9.59 Å². The number of carbonyl (C=O) groups excluding carboxylic acids is 2. The predicted molar refractivity (Wildman–Crippen MR) is 109 cm³/mol. The molecule has 2 aromatic rings. The normalized spacial score (nSPS) is 14.4. The third-order valence-corrected chi connectivity index (χ3v) is 4.54. The number of nitrogens with two attached hydrogens (primary N) is 1. The highest BCUT2D eigenvalue weighted by Gasteiger charge is 2.24. The second-order valence-corrected chi connectivity index (χ2v) is 6.52. The molecule has 1 aliphatic heterocycles. The van der Waals surface area contributed by atoms with E-state index < -0.39 is 0 Å². The summed E-state index contributed by atoms with van der Waals surface area (Å²) >= 11 is 0. The maximum Gasteiger partial charge on any atom is 0.291 e. The zero-order valence-corrected chi connectivity index (χ0v) is 16.5. The summed E-state index contributed by atoms with van der Waals surface area (Å²) in [5.41, 5.74) is 6.58. The van der Waals surface area contributed by atoms with Crippen LogP contribution in [0.15, 0.2) is 47.1 Å². The van der Waals surface area contributed by atoms with E-state index in [2.05, 4.69) is 5.32 Å². The van der Waals surface area contributed by atoms with Crippen molar-refractivity contribution in [2.75, 3.05) is 31.6 Å². The second kappa shape index (κ2) is 10.8. The minimum Gasteiger partial charge on any atom is -0.459 e. The molecule has 3 N–H and O–H groups in total. The Morgan fingerprint density at radius 3 is 2.68 bits per heavy atom. The second-order valence-electron chi connectivity index (χ2n) is 6.52. The van der Waals surface area contributed by atoms with Gasteiger partial charge >= 0.3 is 0 Å². The zero-order valence-electron chi connectivity index (χ0n) is 15.6. The number of hydrogen-bond acceptors (Lipinski definition) is 5. The lowest BCUT2D eigenvalue weighted by atomic mass is 10.1. The minimum absolute atomic E-state index is 0. The third-order valence-electron chi connectivity index (χ3n) is 4.54.